The van der Waals surface area contributed by atoms with Crippen molar-refractivity contribution in [2.24, 2.45) is 0 Å². The molecule has 0 aliphatic carbocycles. The summed E-state index contributed by atoms with van der Waals surface area (Å²) in [5, 5.41) is 3.28. The van der Waals surface area contributed by atoms with Crippen molar-refractivity contribution < 1.29 is 23.1 Å². The summed E-state index contributed by atoms with van der Waals surface area (Å²) in [7, 11) is -0.388. The average Bonchev–Trinajstić information content (AvgIpc) is 2.66. The van der Waals surface area contributed by atoms with Crippen LogP contribution in [-0.4, -0.2) is 27.4 Å². The van der Waals surface area contributed by atoms with Crippen molar-refractivity contribution in [3.63, 3.8) is 0 Å². The average molecular weight is 379 g/mol. The Morgan fingerprint density at radius 2 is 1.62 bits per heavy atom. The first-order chi connectivity index (χ1) is 12.6. The largest absolute Gasteiger partial charge is 0.497 e. The topological polar surface area (TPSA) is 66.0 Å². The first kappa shape index (κ1) is 20.3. The lowest BCUT2D eigenvalue weighted by Gasteiger charge is -2.29. The molecule has 1 atom stereocenters. The van der Waals surface area contributed by atoms with Gasteiger partial charge in [0.2, 0.25) is 0 Å². The van der Waals surface area contributed by atoms with Crippen molar-refractivity contribution in [2.45, 2.75) is 19.6 Å². The molecule has 0 unspecified atom stereocenters. The molecule has 0 spiro atoms. The van der Waals surface area contributed by atoms with Gasteiger partial charge in [0.15, 0.2) is 5.78 Å². The van der Waals surface area contributed by atoms with E-state index in [1.54, 1.807) is 46.3 Å². The summed E-state index contributed by atoms with van der Waals surface area (Å²) in [4.78, 5) is 0. The van der Waals surface area contributed by atoms with Crippen molar-refractivity contribution in [3.05, 3.63) is 54.1 Å². The summed E-state index contributed by atoms with van der Waals surface area (Å²) in [6.45, 7) is 4.09. The second-order valence-corrected chi connectivity index (χ2v) is 7.51. The van der Waals surface area contributed by atoms with Crippen molar-refractivity contribution in [1.82, 2.24) is 0 Å². The molecular formula is C19H26NO5P. The van der Waals surface area contributed by atoms with E-state index in [-0.39, 0.29) is 13.2 Å². The maximum atomic E-state index is 13.6. The quantitative estimate of drug-likeness (QED) is 0.581. The Bertz CT molecular complexity index is 728. The number of hydrogen-bond acceptors (Lipinski definition) is 6. The molecule has 0 aliphatic rings. The number of benzene rings is 2. The summed E-state index contributed by atoms with van der Waals surface area (Å²) >= 11 is 0. The van der Waals surface area contributed by atoms with Crippen LogP contribution in [-0.2, 0) is 13.6 Å². The Morgan fingerprint density at radius 3 is 2.15 bits per heavy atom. The molecule has 0 saturated carbocycles. The highest BCUT2D eigenvalue weighted by Gasteiger charge is 2.39. The van der Waals surface area contributed by atoms with Gasteiger partial charge in [-0.1, -0.05) is 18.2 Å². The third kappa shape index (κ3) is 4.79. The van der Waals surface area contributed by atoms with E-state index in [2.05, 4.69) is 5.32 Å². The van der Waals surface area contributed by atoms with Crippen molar-refractivity contribution in [3.8, 4) is 11.5 Å². The second kappa shape index (κ2) is 9.62. The minimum absolute atomic E-state index is 0.260. The summed E-state index contributed by atoms with van der Waals surface area (Å²) in [5.74, 6) is 0.439. The third-order valence-corrected chi connectivity index (χ3v) is 6.02. The maximum absolute atomic E-state index is 13.6. The minimum Gasteiger partial charge on any atom is -0.497 e. The fourth-order valence-electron chi connectivity index (χ4n) is 2.62. The summed E-state index contributed by atoms with van der Waals surface area (Å²) in [6.07, 6.45) is 0. The number of nitrogens with one attached hydrogen (secondary N) is 1. The Hall–Kier alpha value is -2.01. The van der Waals surface area contributed by atoms with Crippen LogP contribution in [0, 0.1) is 0 Å². The highest BCUT2D eigenvalue weighted by Crippen LogP contribution is 2.62. The molecule has 0 radical (unpaired) electrons. The predicted octanol–water partition coefficient (Wildman–Crippen LogP) is 5.08. The highest BCUT2D eigenvalue weighted by atomic mass is 31.2. The zero-order valence-electron chi connectivity index (χ0n) is 15.6. The van der Waals surface area contributed by atoms with E-state index < -0.39 is 13.4 Å². The van der Waals surface area contributed by atoms with Crippen LogP contribution in [0.2, 0.25) is 0 Å². The minimum atomic E-state index is -3.53. The molecular weight excluding hydrogens is 353 g/mol. The van der Waals surface area contributed by atoms with E-state index in [1.165, 1.54) is 0 Å². The second-order valence-electron chi connectivity index (χ2n) is 5.40. The molecule has 0 bridgehead atoms. The van der Waals surface area contributed by atoms with Crippen LogP contribution in [0.25, 0.3) is 0 Å². The predicted molar refractivity (Wildman–Crippen MR) is 103 cm³/mol. The first-order valence-electron chi connectivity index (χ1n) is 8.50. The number of para-hydroxylation sites is 1. The molecule has 142 valence electrons. The van der Waals surface area contributed by atoms with Gasteiger partial charge in [-0.05, 0) is 44.2 Å². The lowest BCUT2D eigenvalue weighted by atomic mass is 10.1. The highest BCUT2D eigenvalue weighted by molar-refractivity contribution is 7.54. The molecule has 0 saturated heterocycles. The fraction of sp³-hybridized carbons (Fsp3) is 0.368. The number of methoxy groups -OCH3 is 2. The number of rotatable bonds is 10. The van der Waals surface area contributed by atoms with Crippen LogP contribution in [0.1, 0.15) is 25.2 Å². The summed E-state index contributed by atoms with van der Waals surface area (Å²) in [6, 6.07) is 14.8. The third-order valence-electron chi connectivity index (χ3n) is 3.74. The van der Waals surface area contributed by atoms with Crippen LogP contribution >= 0.6 is 7.60 Å². The van der Waals surface area contributed by atoms with Crippen molar-refractivity contribution in [1.29, 1.82) is 0 Å². The van der Waals surface area contributed by atoms with Crippen LogP contribution < -0.4 is 14.8 Å². The smallest absolute Gasteiger partial charge is 0.357 e. The van der Waals surface area contributed by atoms with Gasteiger partial charge in [-0.15, -0.1) is 0 Å². The molecule has 26 heavy (non-hydrogen) atoms. The van der Waals surface area contributed by atoms with Crippen molar-refractivity contribution >= 4 is 13.3 Å². The Morgan fingerprint density at radius 1 is 0.962 bits per heavy atom. The van der Waals surface area contributed by atoms with E-state index in [9.17, 15) is 4.57 Å². The van der Waals surface area contributed by atoms with Gasteiger partial charge < -0.3 is 23.8 Å². The zero-order valence-corrected chi connectivity index (χ0v) is 16.5. The normalized spacial score (nSPS) is 12.5. The van der Waals surface area contributed by atoms with Gasteiger partial charge in [0.25, 0.3) is 0 Å². The monoisotopic (exact) mass is 379 g/mol. The Kier molecular flexibility index (Phi) is 7.51. The van der Waals surface area contributed by atoms with E-state index in [0.717, 1.165) is 5.69 Å². The van der Waals surface area contributed by atoms with Crippen molar-refractivity contribution in [2.75, 3.05) is 32.8 Å². The van der Waals surface area contributed by atoms with E-state index in [0.29, 0.717) is 17.1 Å². The molecule has 0 heterocycles. The fourth-order valence-corrected chi connectivity index (χ4v) is 4.56. The van der Waals surface area contributed by atoms with Gasteiger partial charge in [-0.2, -0.15) is 0 Å². The van der Waals surface area contributed by atoms with E-state index in [1.807, 2.05) is 30.3 Å². The van der Waals surface area contributed by atoms with Crippen LogP contribution in [0.3, 0.4) is 0 Å². The molecule has 2 rings (SSSR count). The van der Waals surface area contributed by atoms with Crippen LogP contribution in [0.4, 0.5) is 5.69 Å². The standard InChI is InChI=1S/C19H26NO5P/c1-5-24-26(21,25-6-2)19(20-15-10-8-7-9-11-15)17-14-16(22-3)12-13-18(17)23-4/h7-14,19-20H,5-6H2,1-4H3/t19-/m1/s1. The number of anilines is 1. The lowest BCUT2D eigenvalue weighted by molar-refractivity contribution is 0.213. The lowest BCUT2D eigenvalue weighted by Crippen LogP contribution is -2.16. The molecule has 0 amide bonds. The van der Waals surface area contributed by atoms with Gasteiger partial charge in [-0.25, -0.2) is 0 Å². The Labute approximate surface area is 155 Å². The van der Waals surface area contributed by atoms with Gasteiger partial charge in [0.1, 0.15) is 11.5 Å². The molecule has 0 fully saturated rings. The first-order valence-corrected chi connectivity index (χ1v) is 10.1. The zero-order chi connectivity index (χ0) is 19.0. The molecule has 2 aromatic carbocycles. The van der Waals surface area contributed by atoms with Gasteiger partial charge >= 0.3 is 7.60 Å². The van der Waals surface area contributed by atoms with Gasteiger partial charge in [0, 0.05) is 11.3 Å². The summed E-state index contributed by atoms with van der Waals surface area (Å²) < 4.78 is 35.6. The number of hydrogen-bond donors (Lipinski definition) is 1. The van der Waals surface area contributed by atoms with Crippen LogP contribution in [0.15, 0.2) is 48.5 Å². The molecule has 6 nitrogen and oxygen atoms in total. The van der Waals surface area contributed by atoms with E-state index in [4.69, 9.17) is 18.5 Å². The van der Waals surface area contributed by atoms with E-state index >= 15 is 0 Å². The maximum Gasteiger partial charge on any atom is 0.357 e. The van der Waals surface area contributed by atoms with Crippen LogP contribution in [0.5, 0.6) is 11.5 Å². The van der Waals surface area contributed by atoms with Gasteiger partial charge in [0.05, 0.1) is 27.4 Å². The molecule has 0 aliphatic heterocycles. The summed E-state index contributed by atoms with van der Waals surface area (Å²) in [5.41, 5.74) is 1.43. The Balaban J connectivity index is 2.57. The molecule has 1 N–H and O–H groups in total. The molecule has 2 aromatic rings. The molecule has 7 heteroatoms. The SMILES string of the molecule is CCOP(=O)(OCC)[C@@H](Nc1ccccc1)c1cc(OC)ccc1OC. The molecule has 0 aromatic heterocycles. The number of ether oxygens (including phenoxy) is 2. The van der Waals surface area contributed by atoms with Gasteiger partial charge in [-0.3, -0.25) is 4.57 Å².